The SMILES string of the molecule is CCOC(=O)c1ccc(NC(=O)Nc2ccc(N3CCN(C(=O)CC(C)CC(C)(C)C)CC3)cc2)cc1. The zero-order valence-electron chi connectivity index (χ0n) is 22.7. The maximum Gasteiger partial charge on any atom is 0.338 e. The Hall–Kier alpha value is -3.55. The summed E-state index contributed by atoms with van der Waals surface area (Å²) >= 11 is 0. The zero-order valence-corrected chi connectivity index (χ0v) is 22.7. The molecule has 3 amide bonds. The molecule has 200 valence electrons. The van der Waals surface area contributed by atoms with Gasteiger partial charge in [-0.3, -0.25) is 4.79 Å². The molecule has 3 rings (SSSR count). The molecular weight excluding hydrogens is 468 g/mol. The highest BCUT2D eigenvalue weighted by Gasteiger charge is 2.24. The van der Waals surface area contributed by atoms with Gasteiger partial charge >= 0.3 is 12.0 Å². The van der Waals surface area contributed by atoms with Crippen molar-refractivity contribution in [2.75, 3.05) is 48.3 Å². The zero-order chi connectivity index (χ0) is 27.0. The largest absolute Gasteiger partial charge is 0.462 e. The van der Waals surface area contributed by atoms with Crippen molar-refractivity contribution in [2.45, 2.75) is 47.5 Å². The first-order chi connectivity index (χ1) is 17.5. The average Bonchev–Trinajstić information content (AvgIpc) is 2.84. The van der Waals surface area contributed by atoms with Crippen LogP contribution < -0.4 is 15.5 Å². The fourth-order valence-electron chi connectivity index (χ4n) is 4.71. The lowest BCUT2D eigenvalue weighted by molar-refractivity contribution is -0.132. The predicted molar refractivity (Wildman–Crippen MR) is 148 cm³/mol. The summed E-state index contributed by atoms with van der Waals surface area (Å²) in [4.78, 5) is 41.1. The number of urea groups is 1. The molecule has 0 saturated carbocycles. The number of hydrogen-bond donors (Lipinski definition) is 2. The van der Waals surface area contributed by atoms with Crippen molar-refractivity contribution < 1.29 is 19.1 Å². The van der Waals surface area contributed by atoms with Crippen molar-refractivity contribution in [1.29, 1.82) is 0 Å². The van der Waals surface area contributed by atoms with Crippen LogP contribution in [-0.4, -0.2) is 55.6 Å². The number of nitrogens with one attached hydrogen (secondary N) is 2. The Morgan fingerprint density at radius 3 is 1.95 bits per heavy atom. The molecule has 2 aromatic carbocycles. The number of benzene rings is 2. The molecule has 0 radical (unpaired) electrons. The molecule has 0 bridgehead atoms. The van der Waals surface area contributed by atoms with E-state index in [-0.39, 0.29) is 17.4 Å². The van der Waals surface area contributed by atoms with E-state index in [1.165, 1.54) is 0 Å². The summed E-state index contributed by atoms with van der Waals surface area (Å²) in [5, 5.41) is 5.58. The van der Waals surface area contributed by atoms with Crippen LogP contribution in [0.4, 0.5) is 21.9 Å². The molecule has 1 unspecified atom stereocenters. The molecule has 0 aliphatic carbocycles. The first-order valence-corrected chi connectivity index (χ1v) is 13.0. The van der Waals surface area contributed by atoms with Crippen LogP contribution in [0.15, 0.2) is 48.5 Å². The molecule has 8 nitrogen and oxygen atoms in total. The summed E-state index contributed by atoms with van der Waals surface area (Å²) < 4.78 is 4.97. The van der Waals surface area contributed by atoms with Crippen molar-refractivity contribution >= 4 is 35.0 Å². The van der Waals surface area contributed by atoms with E-state index in [0.717, 1.165) is 38.3 Å². The summed E-state index contributed by atoms with van der Waals surface area (Å²) in [5.74, 6) is 0.238. The minimum absolute atomic E-state index is 0.233. The number of carbonyl (C=O) groups excluding carboxylic acids is 3. The van der Waals surface area contributed by atoms with Crippen LogP contribution in [0.25, 0.3) is 0 Å². The molecule has 1 aliphatic heterocycles. The molecule has 37 heavy (non-hydrogen) atoms. The Bertz CT molecular complexity index is 1050. The number of anilines is 3. The number of ether oxygens (including phenoxy) is 1. The van der Waals surface area contributed by atoms with Crippen LogP contribution in [-0.2, 0) is 9.53 Å². The van der Waals surface area contributed by atoms with Gasteiger partial charge in [0.15, 0.2) is 0 Å². The van der Waals surface area contributed by atoms with E-state index >= 15 is 0 Å². The van der Waals surface area contributed by atoms with Crippen LogP contribution in [0.1, 0.15) is 57.8 Å². The second kappa shape index (κ2) is 12.6. The van der Waals surface area contributed by atoms with E-state index in [1.807, 2.05) is 29.2 Å². The molecule has 1 heterocycles. The molecule has 0 aromatic heterocycles. The summed E-state index contributed by atoms with van der Waals surface area (Å²) in [6, 6.07) is 13.9. The molecule has 1 aliphatic rings. The first kappa shape index (κ1) is 28.0. The highest BCUT2D eigenvalue weighted by atomic mass is 16.5. The number of hydrogen-bond acceptors (Lipinski definition) is 5. The van der Waals surface area contributed by atoms with Crippen molar-refractivity contribution in [1.82, 2.24) is 4.90 Å². The van der Waals surface area contributed by atoms with Crippen LogP contribution in [0, 0.1) is 11.3 Å². The van der Waals surface area contributed by atoms with Gasteiger partial charge in [-0.25, -0.2) is 9.59 Å². The predicted octanol–water partition coefficient (Wildman–Crippen LogP) is 5.62. The quantitative estimate of drug-likeness (QED) is 0.452. The van der Waals surface area contributed by atoms with Gasteiger partial charge in [-0.05, 0) is 73.2 Å². The van der Waals surface area contributed by atoms with Crippen LogP contribution in [0.2, 0.25) is 0 Å². The Morgan fingerprint density at radius 2 is 1.43 bits per heavy atom. The molecule has 1 fully saturated rings. The van der Waals surface area contributed by atoms with E-state index in [0.29, 0.717) is 35.9 Å². The van der Waals surface area contributed by atoms with Crippen molar-refractivity contribution in [3.05, 3.63) is 54.1 Å². The van der Waals surface area contributed by atoms with Gasteiger partial charge in [0.05, 0.1) is 12.2 Å². The second-order valence-electron chi connectivity index (χ2n) is 10.9. The monoisotopic (exact) mass is 508 g/mol. The first-order valence-electron chi connectivity index (χ1n) is 13.0. The van der Waals surface area contributed by atoms with Gasteiger partial charge in [-0.2, -0.15) is 0 Å². The van der Waals surface area contributed by atoms with Gasteiger partial charge in [0.2, 0.25) is 5.91 Å². The van der Waals surface area contributed by atoms with Gasteiger partial charge in [0.1, 0.15) is 0 Å². The molecule has 2 N–H and O–H groups in total. The maximum absolute atomic E-state index is 12.7. The lowest BCUT2D eigenvalue weighted by Crippen LogP contribution is -2.49. The Labute approximate surface area is 220 Å². The lowest BCUT2D eigenvalue weighted by atomic mass is 9.84. The number of amides is 3. The Balaban J connectivity index is 1.45. The minimum Gasteiger partial charge on any atom is -0.462 e. The van der Waals surface area contributed by atoms with Crippen molar-refractivity contribution in [3.63, 3.8) is 0 Å². The number of esters is 1. The van der Waals surface area contributed by atoms with E-state index in [1.54, 1.807) is 31.2 Å². The van der Waals surface area contributed by atoms with Crippen LogP contribution in [0.3, 0.4) is 0 Å². The highest BCUT2D eigenvalue weighted by molar-refractivity contribution is 6.00. The average molecular weight is 509 g/mol. The maximum atomic E-state index is 12.7. The summed E-state index contributed by atoms with van der Waals surface area (Å²) in [7, 11) is 0. The molecular formula is C29H40N4O4. The fourth-order valence-corrected chi connectivity index (χ4v) is 4.71. The number of carbonyl (C=O) groups is 3. The van der Waals surface area contributed by atoms with Gasteiger partial charge < -0.3 is 25.2 Å². The van der Waals surface area contributed by atoms with Crippen molar-refractivity contribution in [3.8, 4) is 0 Å². The molecule has 1 saturated heterocycles. The summed E-state index contributed by atoms with van der Waals surface area (Å²) in [6.45, 7) is 13.9. The minimum atomic E-state index is -0.391. The summed E-state index contributed by atoms with van der Waals surface area (Å²) in [5.41, 5.74) is 2.97. The van der Waals surface area contributed by atoms with Crippen LogP contribution >= 0.6 is 0 Å². The lowest BCUT2D eigenvalue weighted by Gasteiger charge is -2.37. The third-order valence-corrected chi connectivity index (χ3v) is 6.26. The Kier molecular flexibility index (Phi) is 9.55. The Morgan fingerprint density at radius 1 is 0.892 bits per heavy atom. The summed E-state index contributed by atoms with van der Waals surface area (Å²) in [6.07, 6.45) is 1.65. The standard InChI is InChI=1S/C29H40N4O4/c1-6-37-27(35)22-7-9-23(10-8-22)30-28(36)31-24-11-13-25(14-12-24)32-15-17-33(18-16-32)26(34)19-21(2)20-29(3,4)5/h7-14,21H,6,15-20H2,1-5H3,(H2,30,31,36). The van der Waals surface area contributed by atoms with Gasteiger partial charge in [0, 0.05) is 49.7 Å². The molecule has 2 aromatic rings. The third-order valence-electron chi connectivity index (χ3n) is 6.26. The van der Waals surface area contributed by atoms with E-state index in [4.69, 9.17) is 4.74 Å². The topological polar surface area (TPSA) is 91.0 Å². The van der Waals surface area contributed by atoms with E-state index in [2.05, 4.69) is 43.2 Å². The van der Waals surface area contributed by atoms with Gasteiger partial charge in [-0.15, -0.1) is 0 Å². The number of rotatable bonds is 8. The fraction of sp³-hybridized carbons (Fsp3) is 0.483. The van der Waals surface area contributed by atoms with Crippen LogP contribution in [0.5, 0.6) is 0 Å². The highest BCUT2D eigenvalue weighted by Crippen LogP contribution is 2.27. The van der Waals surface area contributed by atoms with Crippen molar-refractivity contribution in [2.24, 2.45) is 11.3 Å². The molecule has 8 heteroatoms. The number of nitrogens with zero attached hydrogens (tertiary/aromatic N) is 2. The molecule has 1 atom stereocenters. The van der Waals surface area contributed by atoms with E-state index in [9.17, 15) is 14.4 Å². The van der Waals surface area contributed by atoms with Gasteiger partial charge in [0.25, 0.3) is 0 Å². The third kappa shape index (κ3) is 8.81. The second-order valence-corrected chi connectivity index (χ2v) is 10.9. The molecule has 0 spiro atoms. The smallest absolute Gasteiger partial charge is 0.338 e. The van der Waals surface area contributed by atoms with E-state index < -0.39 is 5.97 Å². The van der Waals surface area contributed by atoms with Gasteiger partial charge in [-0.1, -0.05) is 27.7 Å². The number of piperazine rings is 1. The normalized spacial score (nSPS) is 14.6.